The second-order valence-electron chi connectivity index (χ2n) is 2.45. The highest BCUT2D eigenvalue weighted by Crippen LogP contribution is 1.94. The molecule has 0 aliphatic heterocycles. The Morgan fingerprint density at radius 1 is 1.58 bits per heavy atom. The van der Waals surface area contributed by atoms with Crippen molar-refractivity contribution >= 4 is 12.3 Å². The zero-order valence-electron chi connectivity index (χ0n) is 7.76. The third-order valence-electron chi connectivity index (χ3n) is 1.66. The van der Waals surface area contributed by atoms with Gasteiger partial charge < -0.3 is 10.2 Å². The third kappa shape index (κ3) is 2.90. The number of rotatable bonds is 5. The minimum absolute atomic E-state index is 0.136. The molecule has 0 aromatic carbocycles. The van der Waals surface area contributed by atoms with E-state index in [1.165, 1.54) is 4.90 Å². The molecule has 4 heteroatoms. The van der Waals surface area contributed by atoms with Crippen LogP contribution in [-0.2, 0) is 9.59 Å². The summed E-state index contributed by atoms with van der Waals surface area (Å²) in [5.74, 6) is -0.136. The molecule has 0 saturated heterocycles. The molecule has 0 bridgehead atoms. The first-order valence-corrected chi connectivity index (χ1v) is 4.09. The van der Waals surface area contributed by atoms with E-state index in [-0.39, 0.29) is 5.91 Å². The van der Waals surface area contributed by atoms with Crippen molar-refractivity contribution in [3.05, 3.63) is 0 Å². The van der Waals surface area contributed by atoms with E-state index in [1.807, 2.05) is 6.92 Å². The van der Waals surface area contributed by atoms with Gasteiger partial charge in [0, 0.05) is 13.1 Å². The fourth-order valence-electron chi connectivity index (χ4n) is 0.881. The first-order chi connectivity index (χ1) is 5.67. The maximum atomic E-state index is 11.2. The Labute approximate surface area is 72.9 Å². The summed E-state index contributed by atoms with van der Waals surface area (Å²) < 4.78 is 0. The highest BCUT2D eigenvalue weighted by molar-refractivity contribution is 5.83. The summed E-state index contributed by atoms with van der Waals surface area (Å²) in [5.41, 5.74) is 0. The van der Waals surface area contributed by atoms with Crippen LogP contribution in [0.5, 0.6) is 0 Å². The summed E-state index contributed by atoms with van der Waals surface area (Å²) in [6.45, 7) is 6.41. The van der Waals surface area contributed by atoms with E-state index in [0.29, 0.717) is 13.1 Å². The van der Waals surface area contributed by atoms with E-state index in [2.05, 4.69) is 5.32 Å². The third-order valence-corrected chi connectivity index (χ3v) is 1.66. The molecule has 0 aromatic rings. The smallest absolute Gasteiger partial charge is 0.312 e. The monoisotopic (exact) mass is 171 g/mol. The van der Waals surface area contributed by atoms with Gasteiger partial charge in [-0.15, -0.1) is 0 Å². The number of hydrogen-bond donors (Lipinski definition) is 1. The van der Waals surface area contributed by atoms with Gasteiger partial charge in [-0.25, -0.2) is 0 Å². The van der Waals surface area contributed by atoms with Gasteiger partial charge in [-0.3, -0.25) is 9.59 Å². The van der Waals surface area contributed by atoms with Crippen LogP contribution in [0, 0.1) is 0 Å². The molecule has 1 unspecified atom stereocenters. The van der Waals surface area contributed by atoms with Crippen molar-refractivity contribution in [2.24, 2.45) is 0 Å². The fourth-order valence-corrected chi connectivity index (χ4v) is 0.881. The van der Waals surface area contributed by atoms with Gasteiger partial charge in [0.1, 0.15) is 6.04 Å². The quantitative estimate of drug-likeness (QED) is 0.587. The highest BCUT2D eigenvalue weighted by atomic mass is 16.2. The van der Waals surface area contributed by atoms with Crippen LogP contribution in [0.3, 0.4) is 0 Å². The van der Waals surface area contributed by atoms with E-state index in [0.717, 1.165) is 0 Å². The van der Waals surface area contributed by atoms with Gasteiger partial charge in [-0.1, -0.05) is 0 Å². The molecule has 0 aliphatic rings. The number of hydrogen-bond acceptors (Lipinski definition) is 2. The first-order valence-electron chi connectivity index (χ1n) is 4.09. The van der Waals surface area contributed by atoms with Crippen LogP contribution in [0.1, 0.15) is 20.8 Å². The van der Waals surface area contributed by atoms with Crippen molar-refractivity contribution in [1.82, 2.24) is 10.2 Å². The molecule has 4 nitrogen and oxygen atoms in total. The predicted octanol–water partition coefficient (Wildman–Crippen LogP) is -0.0999. The fraction of sp³-hybridized carbons (Fsp3) is 0.750. The van der Waals surface area contributed by atoms with Gasteiger partial charge in [0.15, 0.2) is 0 Å². The van der Waals surface area contributed by atoms with Crippen LogP contribution in [0.15, 0.2) is 0 Å². The Balaban J connectivity index is 4.05. The van der Waals surface area contributed by atoms with Crippen molar-refractivity contribution in [2.75, 3.05) is 13.1 Å². The lowest BCUT2D eigenvalue weighted by molar-refractivity contribution is -0.124. The van der Waals surface area contributed by atoms with Crippen LogP contribution >= 0.6 is 0 Å². The van der Waals surface area contributed by atoms with Crippen LogP contribution in [0.25, 0.3) is 0 Å². The van der Waals surface area contributed by atoms with Gasteiger partial charge >= 0.3 is 6.41 Å². The average Bonchev–Trinajstić information content (AvgIpc) is 2.07. The molecular weight excluding hydrogens is 156 g/mol. The summed E-state index contributed by atoms with van der Waals surface area (Å²) in [5, 5.41) is 2.63. The molecule has 0 saturated carbocycles. The normalized spacial score (nSPS) is 11.9. The predicted molar refractivity (Wildman–Crippen MR) is 46.2 cm³/mol. The SMILES string of the molecule is CCNC(=O)C(C)N([C]=O)CC. The average molecular weight is 171 g/mol. The Morgan fingerprint density at radius 3 is 2.50 bits per heavy atom. The van der Waals surface area contributed by atoms with Crippen LogP contribution in [-0.4, -0.2) is 36.3 Å². The van der Waals surface area contributed by atoms with Crippen LogP contribution < -0.4 is 5.32 Å². The molecule has 12 heavy (non-hydrogen) atoms. The minimum atomic E-state index is -0.424. The molecule has 1 atom stereocenters. The molecule has 0 heterocycles. The number of nitrogens with one attached hydrogen (secondary N) is 1. The van der Waals surface area contributed by atoms with Crippen molar-refractivity contribution in [1.29, 1.82) is 0 Å². The summed E-state index contributed by atoms with van der Waals surface area (Å²) in [6, 6.07) is -0.424. The van der Waals surface area contributed by atoms with Gasteiger partial charge in [0.2, 0.25) is 5.91 Å². The van der Waals surface area contributed by atoms with E-state index < -0.39 is 6.04 Å². The molecule has 2 amide bonds. The number of carbonyl (C=O) groups is 1. The second kappa shape index (κ2) is 5.57. The van der Waals surface area contributed by atoms with Crippen molar-refractivity contribution in [2.45, 2.75) is 26.8 Å². The van der Waals surface area contributed by atoms with Crippen molar-refractivity contribution in [3.63, 3.8) is 0 Å². The largest absolute Gasteiger partial charge is 0.355 e. The van der Waals surface area contributed by atoms with Crippen LogP contribution in [0.2, 0.25) is 0 Å². The molecule has 0 rings (SSSR count). The van der Waals surface area contributed by atoms with Gasteiger partial charge in [-0.2, -0.15) is 0 Å². The second-order valence-corrected chi connectivity index (χ2v) is 2.45. The van der Waals surface area contributed by atoms with Gasteiger partial charge in [0.25, 0.3) is 0 Å². The summed E-state index contributed by atoms with van der Waals surface area (Å²) in [6.07, 6.45) is 1.71. The van der Waals surface area contributed by atoms with Crippen molar-refractivity contribution < 1.29 is 9.59 Å². The Morgan fingerprint density at radius 2 is 2.17 bits per heavy atom. The molecule has 69 valence electrons. The van der Waals surface area contributed by atoms with Crippen LogP contribution in [0.4, 0.5) is 0 Å². The molecule has 1 radical (unpaired) electrons. The van der Waals surface area contributed by atoms with E-state index in [1.54, 1.807) is 20.3 Å². The minimum Gasteiger partial charge on any atom is -0.355 e. The number of likely N-dealkylation sites (N-methyl/N-ethyl adjacent to an activating group) is 2. The Bertz CT molecular complexity index is 159. The zero-order valence-corrected chi connectivity index (χ0v) is 7.76. The molecule has 0 aromatic heterocycles. The summed E-state index contributed by atoms with van der Waals surface area (Å²) in [4.78, 5) is 22.8. The van der Waals surface area contributed by atoms with Gasteiger partial charge in [0.05, 0.1) is 0 Å². The number of carbonyl (C=O) groups excluding carboxylic acids is 2. The lowest BCUT2D eigenvalue weighted by Gasteiger charge is -2.21. The molecular formula is C8H15N2O2. The molecule has 0 fully saturated rings. The van der Waals surface area contributed by atoms with E-state index >= 15 is 0 Å². The van der Waals surface area contributed by atoms with E-state index in [9.17, 15) is 9.59 Å². The Kier molecular flexibility index (Phi) is 5.08. The lowest BCUT2D eigenvalue weighted by atomic mass is 10.3. The highest BCUT2D eigenvalue weighted by Gasteiger charge is 2.17. The van der Waals surface area contributed by atoms with Gasteiger partial charge in [-0.05, 0) is 20.8 Å². The lowest BCUT2D eigenvalue weighted by Crippen LogP contribution is -2.44. The van der Waals surface area contributed by atoms with Crippen molar-refractivity contribution in [3.8, 4) is 0 Å². The molecule has 0 aliphatic carbocycles. The standard InChI is InChI=1S/C8H15N2O2/c1-4-9-8(12)7(3)10(5-2)6-11/h7H,4-5H2,1-3H3,(H,9,12). The molecule has 1 N–H and O–H groups in total. The molecule has 0 spiro atoms. The Hall–Kier alpha value is -1.06. The topological polar surface area (TPSA) is 49.4 Å². The van der Waals surface area contributed by atoms with E-state index in [4.69, 9.17) is 0 Å². The number of nitrogens with zero attached hydrogens (tertiary/aromatic N) is 1. The summed E-state index contributed by atoms with van der Waals surface area (Å²) >= 11 is 0. The maximum absolute atomic E-state index is 11.2. The first kappa shape index (κ1) is 10.9. The zero-order chi connectivity index (χ0) is 9.56. The summed E-state index contributed by atoms with van der Waals surface area (Å²) in [7, 11) is 0. The number of amides is 2. The maximum Gasteiger partial charge on any atom is 0.312 e.